The van der Waals surface area contributed by atoms with E-state index in [1.807, 2.05) is 59.5 Å². The molecule has 0 saturated carbocycles. The summed E-state index contributed by atoms with van der Waals surface area (Å²) in [6.45, 7) is 2.29. The van der Waals surface area contributed by atoms with Crippen LogP contribution < -0.4 is 9.47 Å². The summed E-state index contributed by atoms with van der Waals surface area (Å²) < 4.78 is 25.3. The number of methoxy groups -OCH3 is 2. The van der Waals surface area contributed by atoms with Gasteiger partial charge in [0.25, 0.3) is 11.8 Å². The van der Waals surface area contributed by atoms with Crippen molar-refractivity contribution < 1.29 is 23.5 Å². The van der Waals surface area contributed by atoms with Crippen LogP contribution >= 0.6 is 0 Å². The van der Waals surface area contributed by atoms with Crippen LogP contribution in [0.4, 0.5) is 4.39 Å². The lowest BCUT2D eigenvalue weighted by Crippen LogP contribution is -2.34. The minimum atomic E-state index is -0.629. The van der Waals surface area contributed by atoms with Gasteiger partial charge in [0.05, 0.1) is 14.2 Å². The van der Waals surface area contributed by atoms with Gasteiger partial charge in [-0.1, -0.05) is 30.0 Å². The summed E-state index contributed by atoms with van der Waals surface area (Å²) in [4.78, 5) is 30.2. The maximum atomic E-state index is 14.7. The summed E-state index contributed by atoms with van der Waals surface area (Å²) in [6, 6.07) is 19.9. The van der Waals surface area contributed by atoms with Crippen molar-refractivity contribution in [1.29, 1.82) is 0 Å². The number of hydrogen-bond acceptors (Lipinski definition) is 4. The highest BCUT2D eigenvalue weighted by atomic mass is 19.1. The van der Waals surface area contributed by atoms with E-state index >= 15 is 0 Å². The molecule has 2 fully saturated rings. The van der Waals surface area contributed by atoms with Crippen LogP contribution in [0.3, 0.4) is 0 Å². The third-order valence-electron chi connectivity index (χ3n) is 7.66. The van der Waals surface area contributed by atoms with Crippen LogP contribution in [0.1, 0.15) is 44.7 Å². The Morgan fingerprint density at radius 2 is 1.38 bits per heavy atom. The largest absolute Gasteiger partial charge is 0.493 e. The van der Waals surface area contributed by atoms with Gasteiger partial charge < -0.3 is 19.3 Å². The summed E-state index contributed by atoms with van der Waals surface area (Å²) in [5.41, 5.74) is 2.35. The predicted octanol–water partition coefficient (Wildman–Crippen LogP) is 4.87. The third kappa shape index (κ3) is 5.61. The molecule has 2 aliphatic rings. The molecule has 6 nitrogen and oxygen atoms in total. The maximum absolute atomic E-state index is 14.7. The van der Waals surface area contributed by atoms with E-state index in [-0.39, 0.29) is 17.2 Å². The minimum absolute atomic E-state index is 0.0155. The molecule has 0 bridgehead atoms. The number of carbonyl (C=O) groups is 2. The molecule has 2 amide bonds. The van der Waals surface area contributed by atoms with Crippen LogP contribution in [0.25, 0.3) is 0 Å². The van der Waals surface area contributed by atoms with Gasteiger partial charge in [0.15, 0.2) is 11.5 Å². The first kappa shape index (κ1) is 26.3. The first-order valence-corrected chi connectivity index (χ1v) is 13.1. The zero-order chi connectivity index (χ0) is 27.4. The Labute approximate surface area is 228 Å². The van der Waals surface area contributed by atoms with Gasteiger partial charge in [0.1, 0.15) is 11.4 Å². The number of benzene rings is 3. The Morgan fingerprint density at radius 1 is 0.769 bits per heavy atom. The molecule has 2 aliphatic heterocycles. The molecule has 0 aromatic heterocycles. The number of nitrogens with zero attached hydrogens (tertiary/aromatic N) is 2. The first-order chi connectivity index (χ1) is 19.0. The lowest BCUT2D eigenvalue weighted by Gasteiger charge is -2.24. The molecule has 7 heteroatoms. The molecular formula is C32H31FN2O4. The highest BCUT2D eigenvalue weighted by molar-refractivity contribution is 5.98. The fourth-order valence-corrected chi connectivity index (χ4v) is 5.52. The van der Waals surface area contributed by atoms with Crippen molar-refractivity contribution in [3.8, 4) is 23.3 Å². The molecule has 0 radical (unpaired) electrons. The van der Waals surface area contributed by atoms with Crippen LogP contribution in [0, 0.1) is 29.5 Å². The molecule has 2 atom stereocenters. The third-order valence-corrected chi connectivity index (χ3v) is 7.66. The Kier molecular flexibility index (Phi) is 7.83. The van der Waals surface area contributed by atoms with E-state index in [4.69, 9.17) is 9.47 Å². The van der Waals surface area contributed by atoms with Crippen molar-refractivity contribution in [2.24, 2.45) is 11.8 Å². The molecular weight excluding hydrogens is 495 g/mol. The van der Waals surface area contributed by atoms with Gasteiger partial charge in [-0.15, -0.1) is 0 Å². The monoisotopic (exact) mass is 526 g/mol. The fraction of sp³-hybridized carbons (Fsp3) is 0.312. The lowest BCUT2D eigenvalue weighted by atomic mass is 9.92. The average molecular weight is 527 g/mol. The zero-order valence-electron chi connectivity index (χ0n) is 22.2. The van der Waals surface area contributed by atoms with Crippen molar-refractivity contribution >= 4 is 11.8 Å². The maximum Gasteiger partial charge on any atom is 0.260 e. The smallest absolute Gasteiger partial charge is 0.260 e. The molecule has 200 valence electrons. The number of hydrogen-bond donors (Lipinski definition) is 0. The van der Waals surface area contributed by atoms with E-state index in [0.717, 1.165) is 24.0 Å². The molecule has 5 rings (SSSR count). The van der Waals surface area contributed by atoms with Crippen molar-refractivity contribution in [3.05, 3.63) is 94.8 Å². The number of fused-ring (bicyclic) bond motifs is 1. The van der Waals surface area contributed by atoms with E-state index in [1.165, 1.54) is 26.4 Å². The van der Waals surface area contributed by atoms with Crippen molar-refractivity contribution in [2.45, 2.75) is 12.8 Å². The minimum Gasteiger partial charge on any atom is -0.493 e. The van der Waals surface area contributed by atoms with Gasteiger partial charge in [-0.2, -0.15) is 0 Å². The predicted molar refractivity (Wildman–Crippen MR) is 146 cm³/mol. The van der Waals surface area contributed by atoms with Crippen LogP contribution in [0.2, 0.25) is 0 Å². The number of rotatable bonds is 4. The second-order valence-electron chi connectivity index (χ2n) is 9.95. The number of carbonyl (C=O) groups excluding carboxylic acids is 2. The van der Waals surface area contributed by atoms with Crippen LogP contribution in [0.15, 0.2) is 66.7 Å². The average Bonchev–Trinajstić information content (AvgIpc) is 3.28. The normalized spacial score (nSPS) is 18.4. The Hall–Kier alpha value is -4.31. The molecule has 0 N–H and O–H groups in total. The molecule has 3 aromatic rings. The van der Waals surface area contributed by atoms with Crippen molar-refractivity contribution in [2.75, 3.05) is 40.4 Å². The van der Waals surface area contributed by atoms with Gasteiger partial charge in [0.2, 0.25) is 0 Å². The quantitative estimate of drug-likeness (QED) is 0.456. The van der Waals surface area contributed by atoms with Gasteiger partial charge in [-0.3, -0.25) is 9.59 Å². The Balaban J connectivity index is 1.21. The summed E-state index contributed by atoms with van der Waals surface area (Å²) in [5, 5.41) is 0. The second-order valence-corrected chi connectivity index (χ2v) is 9.95. The van der Waals surface area contributed by atoms with E-state index < -0.39 is 11.7 Å². The van der Waals surface area contributed by atoms with Crippen molar-refractivity contribution in [3.63, 3.8) is 0 Å². The van der Waals surface area contributed by atoms with Crippen LogP contribution in [-0.4, -0.2) is 62.0 Å². The summed E-state index contributed by atoms with van der Waals surface area (Å²) in [7, 11) is 2.86. The first-order valence-electron chi connectivity index (χ1n) is 13.1. The van der Waals surface area contributed by atoms with E-state index in [0.29, 0.717) is 49.3 Å². The Bertz CT molecular complexity index is 1400. The lowest BCUT2D eigenvalue weighted by molar-refractivity contribution is 0.0727. The Morgan fingerprint density at radius 3 is 1.97 bits per heavy atom. The summed E-state index contributed by atoms with van der Waals surface area (Å²) in [6.07, 6.45) is 1.50. The number of halogens is 1. The second kappa shape index (κ2) is 11.6. The molecule has 3 aromatic carbocycles. The van der Waals surface area contributed by atoms with Crippen LogP contribution in [0.5, 0.6) is 11.5 Å². The number of ether oxygens (including phenoxy) is 2. The highest BCUT2D eigenvalue weighted by Gasteiger charge is 2.38. The molecule has 39 heavy (non-hydrogen) atoms. The molecule has 0 spiro atoms. The highest BCUT2D eigenvalue weighted by Crippen LogP contribution is 2.36. The summed E-state index contributed by atoms with van der Waals surface area (Å²) >= 11 is 0. The molecule has 2 saturated heterocycles. The van der Waals surface area contributed by atoms with E-state index in [9.17, 15) is 14.0 Å². The van der Waals surface area contributed by atoms with Gasteiger partial charge in [-0.25, -0.2) is 4.39 Å². The summed E-state index contributed by atoms with van der Waals surface area (Å²) in [5.74, 6) is 6.28. The van der Waals surface area contributed by atoms with Crippen molar-refractivity contribution in [1.82, 2.24) is 9.80 Å². The molecule has 0 unspecified atom stereocenters. The standard InChI is InChI=1S/C32H31FN2O4/c1-38-28-15-14-27(33)29(30(28)39-2)32(37)34-18-16-25-20-35(21-26(25)17-19-34)31(36)24-12-10-23(11-13-24)9-8-22-6-4-3-5-7-22/h3-7,10-15,25-26H,16-21H2,1-2H3/t25-,26+. The van der Waals surface area contributed by atoms with Gasteiger partial charge >= 0.3 is 0 Å². The number of amides is 2. The van der Waals surface area contributed by atoms with Crippen LogP contribution in [-0.2, 0) is 0 Å². The topological polar surface area (TPSA) is 59.1 Å². The fourth-order valence-electron chi connectivity index (χ4n) is 5.52. The zero-order valence-corrected chi connectivity index (χ0v) is 22.2. The van der Waals surface area contributed by atoms with E-state index in [1.54, 1.807) is 4.90 Å². The van der Waals surface area contributed by atoms with Gasteiger partial charge in [0, 0.05) is 42.9 Å². The van der Waals surface area contributed by atoms with Gasteiger partial charge in [-0.05, 0) is 73.2 Å². The molecule has 2 heterocycles. The van der Waals surface area contributed by atoms with E-state index in [2.05, 4.69) is 11.8 Å². The molecule has 0 aliphatic carbocycles. The SMILES string of the molecule is COc1ccc(F)c(C(=O)N2CC[C@@H]3CN(C(=O)c4ccc(C#Cc5ccccc5)cc4)C[C@@H]3CC2)c1OC. The number of likely N-dealkylation sites (tertiary alicyclic amines) is 2.